The average Bonchev–Trinajstić information content (AvgIpc) is 2.65. The molecule has 3 nitrogen and oxygen atoms in total. The van der Waals surface area contributed by atoms with Crippen molar-refractivity contribution in [3.05, 3.63) is 0 Å². The summed E-state index contributed by atoms with van der Waals surface area (Å²) in [5.41, 5.74) is -0.120. The fraction of sp³-hybridized carbons (Fsp3) is 0.900. The number of hydroxylamine groups is 2. The summed E-state index contributed by atoms with van der Waals surface area (Å²) in [5.74, 6) is 0.148. The van der Waals surface area contributed by atoms with Crippen LogP contribution in [0, 0.1) is 5.41 Å². The molecule has 0 spiro atoms. The fourth-order valence-electron chi connectivity index (χ4n) is 2.19. The Kier molecular flexibility index (Phi) is 3.31. The molecule has 0 bridgehead atoms. The van der Waals surface area contributed by atoms with Gasteiger partial charge in [0, 0.05) is 7.05 Å². The maximum atomic E-state index is 11.9. The Hall–Kier alpha value is -0.570. The number of carbonyl (C=O) groups is 1. The van der Waals surface area contributed by atoms with E-state index >= 15 is 0 Å². The Morgan fingerprint density at radius 3 is 2.38 bits per heavy atom. The van der Waals surface area contributed by atoms with Crippen molar-refractivity contribution in [3.63, 3.8) is 0 Å². The molecule has 3 heteroatoms. The van der Waals surface area contributed by atoms with Gasteiger partial charge < -0.3 is 0 Å². The fourth-order valence-corrected chi connectivity index (χ4v) is 2.19. The lowest BCUT2D eigenvalue weighted by molar-refractivity contribution is -0.180. The van der Waals surface area contributed by atoms with E-state index in [0.29, 0.717) is 0 Å². The molecule has 1 aliphatic carbocycles. The smallest absolute Gasteiger partial charge is 0.252 e. The minimum absolute atomic E-state index is 0.120. The van der Waals surface area contributed by atoms with E-state index in [1.165, 1.54) is 25.0 Å². The predicted octanol–water partition coefficient (Wildman–Crippen LogP) is 1.98. The number of carbonyl (C=O) groups excluding carboxylic acids is 1. The first-order valence-corrected chi connectivity index (χ1v) is 4.98. The topological polar surface area (TPSA) is 29.5 Å². The van der Waals surface area contributed by atoms with Crippen molar-refractivity contribution in [1.29, 1.82) is 0 Å². The van der Waals surface area contributed by atoms with Crippen molar-refractivity contribution in [2.75, 3.05) is 14.2 Å². The second-order valence-electron chi connectivity index (χ2n) is 3.83. The summed E-state index contributed by atoms with van der Waals surface area (Å²) in [6.45, 7) is 2.09. The van der Waals surface area contributed by atoms with Crippen molar-refractivity contribution >= 4 is 5.91 Å². The molecule has 0 saturated heterocycles. The van der Waals surface area contributed by atoms with E-state index in [4.69, 9.17) is 4.84 Å². The SMILES string of the molecule is CCC1(C(=O)N(C)OC)CCCC1. The zero-order valence-electron chi connectivity index (χ0n) is 8.80. The van der Waals surface area contributed by atoms with Gasteiger partial charge in [-0.3, -0.25) is 9.63 Å². The molecule has 1 aliphatic rings. The van der Waals surface area contributed by atoms with Crippen LogP contribution >= 0.6 is 0 Å². The normalized spacial score (nSPS) is 20.2. The summed E-state index contributed by atoms with van der Waals surface area (Å²) in [5, 5.41) is 1.37. The molecule has 0 unspecified atom stereocenters. The van der Waals surface area contributed by atoms with Gasteiger partial charge in [0.05, 0.1) is 12.5 Å². The molecule has 0 radical (unpaired) electrons. The standard InChI is InChI=1S/C10H19NO2/c1-4-10(7-5-6-8-10)9(12)11(2)13-3/h4-8H2,1-3H3. The maximum Gasteiger partial charge on any atom is 0.252 e. The van der Waals surface area contributed by atoms with Gasteiger partial charge in [-0.2, -0.15) is 0 Å². The first-order valence-electron chi connectivity index (χ1n) is 4.98. The van der Waals surface area contributed by atoms with Crippen LogP contribution in [-0.2, 0) is 9.63 Å². The van der Waals surface area contributed by atoms with Crippen molar-refractivity contribution in [1.82, 2.24) is 5.06 Å². The predicted molar refractivity (Wildman–Crippen MR) is 51.0 cm³/mol. The summed E-state index contributed by atoms with van der Waals surface area (Å²) in [4.78, 5) is 16.9. The van der Waals surface area contributed by atoms with Crippen LogP contribution in [0.4, 0.5) is 0 Å². The Labute approximate surface area is 80.0 Å². The first kappa shape index (κ1) is 10.5. The van der Waals surface area contributed by atoms with Gasteiger partial charge in [0.15, 0.2) is 0 Å². The van der Waals surface area contributed by atoms with E-state index in [1.54, 1.807) is 7.05 Å². The van der Waals surface area contributed by atoms with Crippen molar-refractivity contribution in [3.8, 4) is 0 Å². The maximum absolute atomic E-state index is 11.9. The quantitative estimate of drug-likeness (QED) is 0.629. The summed E-state index contributed by atoms with van der Waals surface area (Å²) in [6, 6.07) is 0. The lowest BCUT2D eigenvalue weighted by Crippen LogP contribution is -2.39. The Morgan fingerprint density at radius 1 is 1.46 bits per heavy atom. The van der Waals surface area contributed by atoms with Crippen LogP contribution < -0.4 is 0 Å². The highest BCUT2D eigenvalue weighted by Gasteiger charge is 2.41. The van der Waals surface area contributed by atoms with Crippen LogP contribution in [0.2, 0.25) is 0 Å². The largest absolute Gasteiger partial charge is 0.275 e. The highest BCUT2D eigenvalue weighted by Crippen LogP contribution is 2.42. The van der Waals surface area contributed by atoms with Crippen LogP contribution in [0.1, 0.15) is 39.0 Å². The third-order valence-corrected chi connectivity index (χ3v) is 3.25. The van der Waals surface area contributed by atoms with E-state index in [2.05, 4.69) is 6.92 Å². The van der Waals surface area contributed by atoms with Crippen LogP contribution in [0.15, 0.2) is 0 Å². The molecule has 0 aromatic rings. The third kappa shape index (κ3) is 1.85. The molecule has 0 heterocycles. The molecule has 1 saturated carbocycles. The van der Waals surface area contributed by atoms with E-state index in [0.717, 1.165) is 19.3 Å². The Balaban J connectivity index is 2.70. The zero-order valence-corrected chi connectivity index (χ0v) is 8.80. The zero-order chi connectivity index (χ0) is 9.90. The molecule has 0 N–H and O–H groups in total. The van der Waals surface area contributed by atoms with Gasteiger partial charge in [-0.15, -0.1) is 0 Å². The molecule has 1 fully saturated rings. The summed E-state index contributed by atoms with van der Waals surface area (Å²) < 4.78 is 0. The Morgan fingerprint density at radius 2 is 2.00 bits per heavy atom. The third-order valence-electron chi connectivity index (χ3n) is 3.25. The molecular weight excluding hydrogens is 166 g/mol. The molecule has 0 aromatic heterocycles. The van der Waals surface area contributed by atoms with Gasteiger partial charge in [0.1, 0.15) is 0 Å². The second-order valence-corrected chi connectivity index (χ2v) is 3.83. The number of hydrogen-bond acceptors (Lipinski definition) is 2. The number of hydrogen-bond donors (Lipinski definition) is 0. The van der Waals surface area contributed by atoms with Crippen molar-refractivity contribution in [2.24, 2.45) is 5.41 Å². The van der Waals surface area contributed by atoms with Crippen LogP contribution in [0.3, 0.4) is 0 Å². The summed E-state index contributed by atoms with van der Waals surface area (Å²) in [6.07, 6.45) is 5.33. The number of rotatable bonds is 3. The van der Waals surface area contributed by atoms with E-state index in [1.807, 2.05) is 0 Å². The number of nitrogens with zero attached hydrogens (tertiary/aromatic N) is 1. The molecule has 0 atom stereocenters. The van der Waals surface area contributed by atoms with E-state index in [-0.39, 0.29) is 11.3 Å². The number of amides is 1. The van der Waals surface area contributed by atoms with Crippen molar-refractivity contribution < 1.29 is 9.63 Å². The van der Waals surface area contributed by atoms with Crippen molar-refractivity contribution in [2.45, 2.75) is 39.0 Å². The first-order chi connectivity index (χ1) is 6.16. The van der Waals surface area contributed by atoms with Gasteiger partial charge in [-0.05, 0) is 19.3 Å². The summed E-state index contributed by atoms with van der Waals surface area (Å²) >= 11 is 0. The highest BCUT2D eigenvalue weighted by molar-refractivity contribution is 5.81. The molecular formula is C10H19NO2. The van der Waals surface area contributed by atoms with E-state index < -0.39 is 0 Å². The van der Waals surface area contributed by atoms with Gasteiger partial charge in [0.25, 0.3) is 5.91 Å². The minimum Gasteiger partial charge on any atom is -0.275 e. The molecule has 1 rings (SSSR count). The second kappa shape index (κ2) is 4.09. The van der Waals surface area contributed by atoms with Crippen LogP contribution in [0.25, 0.3) is 0 Å². The molecule has 76 valence electrons. The lowest BCUT2D eigenvalue weighted by Gasteiger charge is -2.29. The lowest BCUT2D eigenvalue weighted by atomic mass is 9.82. The van der Waals surface area contributed by atoms with Gasteiger partial charge in [-0.1, -0.05) is 19.8 Å². The van der Waals surface area contributed by atoms with Crippen LogP contribution in [0.5, 0.6) is 0 Å². The monoisotopic (exact) mass is 185 g/mol. The summed E-state index contributed by atoms with van der Waals surface area (Å²) in [7, 11) is 3.23. The van der Waals surface area contributed by atoms with Gasteiger partial charge >= 0.3 is 0 Å². The van der Waals surface area contributed by atoms with E-state index in [9.17, 15) is 4.79 Å². The average molecular weight is 185 g/mol. The molecule has 0 aromatic carbocycles. The minimum atomic E-state index is -0.120. The van der Waals surface area contributed by atoms with Gasteiger partial charge in [-0.25, -0.2) is 5.06 Å². The molecule has 0 aliphatic heterocycles. The van der Waals surface area contributed by atoms with Gasteiger partial charge in [0.2, 0.25) is 0 Å². The molecule has 1 amide bonds. The Bertz CT molecular complexity index is 185. The van der Waals surface area contributed by atoms with Crippen LogP contribution in [-0.4, -0.2) is 25.1 Å². The molecule has 13 heavy (non-hydrogen) atoms. The highest BCUT2D eigenvalue weighted by atomic mass is 16.7.